The first-order valence-corrected chi connectivity index (χ1v) is 10.7. The Labute approximate surface area is 193 Å². The molecule has 34 heavy (non-hydrogen) atoms. The molecule has 2 aromatic heterocycles. The predicted molar refractivity (Wildman–Crippen MR) is 129 cm³/mol. The summed E-state index contributed by atoms with van der Waals surface area (Å²) in [5, 5.41) is 3.37. The molecule has 1 amide bonds. The van der Waals surface area contributed by atoms with Gasteiger partial charge in [-0.1, -0.05) is 54.6 Å². The highest BCUT2D eigenvalue weighted by Gasteiger charge is 2.21. The van der Waals surface area contributed by atoms with Crippen molar-refractivity contribution < 1.29 is 13.9 Å². The largest absolute Gasteiger partial charge is 0.495 e. The molecule has 3 aromatic carbocycles. The van der Waals surface area contributed by atoms with Gasteiger partial charge in [0, 0.05) is 5.39 Å². The third kappa shape index (κ3) is 3.75. The number of anilines is 1. The Kier molecular flexibility index (Phi) is 5.47. The highest BCUT2D eigenvalue weighted by Crippen LogP contribution is 2.26. The monoisotopic (exact) mass is 455 g/mol. The SMILES string of the molecule is COc1ccccc1NC(=O)Cn1c(=O)n(Cc2ccccc2)c(=O)c2oc3ccccc3c21. The lowest BCUT2D eigenvalue weighted by molar-refractivity contribution is -0.116. The number of hydrogen-bond acceptors (Lipinski definition) is 5. The van der Waals surface area contributed by atoms with Crippen LogP contribution in [0.2, 0.25) is 0 Å². The second kappa shape index (κ2) is 8.74. The summed E-state index contributed by atoms with van der Waals surface area (Å²) in [5.41, 5.74) is 0.915. The van der Waals surface area contributed by atoms with Crippen LogP contribution in [0.5, 0.6) is 5.75 Å². The molecule has 0 saturated carbocycles. The lowest BCUT2D eigenvalue weighted by Gasteiger charge is -2.13. The maximum Gasteiger partial charge on any atom is 0.332 e. The van der Waals surface area contributed by atoms with Crippen LogP contribution in [-0.2, 0) is 17.9 Å². The average Bonchev–Trinajstić information content (AvgIpc) is 3.25. The molecule has 0 saturated heterocycles. The smallest absolute Gasteiger partial charge is 0.332 e. The van der Waals surface area contributed by atoms with E-state index in [2.05, 4.69) is 5.32 Å². The number of carbonyl (C=O) groups is 1. The molecular weight excluding hydrogens is 434 g/mol. The Bertz CT molecular complexity index is 1630. The molecule has 0 aliphatic carbocycles. The van der Waals surface area contributed by atoms with Gasteiger partial charge in [0.05, 0.1) is 19.3 Å². The molecule has 0 fully saturated rings. The van der Waals surface area contributed by atoms with Crippen LogP contribution in [-0.4, -0.2) is 22.2 Å². The lowest BCUT2D eigenvalue weighted by atomic mass is 10.2. The molecule has 0 aliphatic heterocycles. The molecule has 0 atom stereocenters. The van der Waals surface area contributed by atoms with Crippen molar-refractivity contribution in [2.75, 3.05) is 12.4 Å². The molecule has 170 valence electrons. The van der Waals surface area contributed by atoms with E-state index in [9.17, 15) is 14.4 Å². The highest BCUT2D eigenvalue weighted by molar-refractivity contribution is 6.03. The number of para-hydroxylation sites is 3. The minimum Gasteiger partial charge on any atom is -0.495 e. The van der Waals surface area contributed by atoms with Gasteiger partial charge in [0.2, 0.25) is 11.5 Å². The summed E-state index contributed by atoms with van der Waals surface area (Å²) >= 11 is 0. The van der Waals surface area contributed by atoms with Gasteiger partial charge in [-0.05, 0) is 29.8 Å². The number of ether oxygens (including phenoxy) is 1. The van der Waals surface area contributed by atoms with Crippen molar-refractivity contribution >= 4 is 33.7 Å². The topological polar surface area (TPSA) is 95.5 Å². The second-order valence-electron chi connectivity index (χ2n) is 7.77. The highest BCUT2D eigenvalue weighted by atomic mass is 16.5. The molecule has 5 rings (SSSR count). The summed E-state index contributed by atoms with van der Waals surface area (Å²) in [6.45, 7) is -0.258. The number of rotatable bonds is 6. The van der Waals surface area contributed by atoms with E-state index >= 15 is 0 Å². The number of amides is 1. The van der Waals surface area contributed by atoms with Crippen LogP contribution in [0.1, 0.15) is 5.56 Å². The Morgan fingerprint density at radius 3 is 2.41 bits per heavy atom. The van der Waals surface area contributed by atoms with Crippen LogP contribution >= 0.6 is 0 Å². The van der Waals surface area contributed by atoms with Crippen LogP contribution in [0.4, 0.5) is 5.69 Å². The van der Waals surface area contributed by atoms with Gasteiger partial charge in [0.1, 0.15) is 23.4 Å². The Morgan fingerprint density at radius 1 is 0.912 bits per heavy atom. The minimum atomic E-state index is -0.594. The summed E-state index contributed by atoms with van der Waals surface area (Å²) < 4.78 is 13.5. The lowest BCUT2D eigenvalue weighted by Crippen LogP contribution is -2.41. The van der Waals surface area contributed by atoms with E-state index in [0.29, 0.717) is 27.9 Å². The number of carbonyl (C=O) groups excluding carboxylic acids is 1. The molecular formula is C26H21N3O5. The van der Waals surface area contributed by atoms with Gasteiger partial charge >= 0.3 is 5.69 Å². The number of nitrogens with zero attached hydrogens (tertiary/aromatic N) is 2. The fourth-order valence-electron chi connectivity index (χ4n) is 4.03. The fourth-order valence-corrected chi connectivity index (χ4v) is 4.03. The molecule has 5 aromatic rings. The maximum atomic E-state index is 13.5. The van der Waals surface area contributed by atoms with Gasteiger partial charge in [0.15, 0.2) is 0 Å². The molecule has 0 unspecified atom stereocenters. The molecule has 0 bridgehead atoms. The summed E-state index contributed by atoms with van der Waals surface area (Å²) in [7, 11) is 1.51. The molecule has 8 heteroatoms. The third-order valence-corrected chi connectivity index (χ3v) is 5.61. The Balaban J connectivity index is 1.65. The normalized spacial score (nSPS) is 11.1. The zero-order valence-corrected chi connectivity index (χ0v) is 18.4. The van der Waals surface area contributed by atoms with Gasteiger partial charge in [-0.2, -0.15) is 0 Å². The van der Waals surface area contributed by atoms with Crippen molar-refractivity contribution in [1.82, 2.24) is 9.13 Å². The number of aromatic nitrogens is 2. The van der Waals surface area contributed by atoms with Crippen molar-refractivity contribution in [3.05, 3.63) is 105 Å². The van der Waals surface area contributed by atoms with Crippen molar-refractivity contribution in [2.24, 2.45) is 0 Å². The van der Waals surface area contributed by atoms with Gasteiger partial charge < -0.3 is 14.5 Å². The molecule has 1 N–H and O–H groups in total. The zero-order chi connectivity index (χ0) is 23.7. The fraction of sp³-hybridized carbons (Fsp3) is 0.115. The van der Waals surface area contributed by atoms with Gasteiger partial charge in [0.25, 0.3) is 5.56 Å². The van der Waals surface area contributed by atoms with Crippen LogP contribution < -0.4 is 21.3 Å². The van der Waals surface area contributed by atoms with E-state index < -0.39 is 17.2 Å². The summed E-state index contributed by atoms with van der Waals surface area (Å²) in [5.74, 6) is 0.0549. The van der Waals surface area contributed by atoms with E-state index in [-0.39, 0.29) is 18.7 Å². The number of fused-ring (bicyclic) bond motifs is 3. The van der Waals surface area contributed by atoms with Crippen LogP contribution in [0.15, 0.2) is 92.9 Å². The first-order valence-electron chi connectivity index (χ1n) is 10.7. The average molecular weight is 455 g/mol. The van der Waals surface area contributed by atoms with Crippen LogP contribution in [0, 0.1) is 0 Å². The molecule has 0 aliphatic rings. The zero-order valence-electron chi connectivity index (χ0n) is 18.4. The minimum absolute atomic E-state index is 0.0295. The Morgan fingerprint density at radius 2 is 1.62 bits per heavy atom. The molecule has 0 radical (unpaired) electrons. The van der Waals surface area contributed by atoms with Crippen molar-refractivity contribution in [1.29, 1.82) is 0 Å². The van der Waals surface area contributed by atoms with E-state index in [1.54, 1.807) is 48.5 Å². The number of hydrogen-bond donors (Lipinski definition) is 1. The quantitative estimate of drug-likeness (QED) is 0.422. The number of furan rings is 1. The summed E-state index contributed by atoms with van der Waals surface area (Å²) in [4.78, 5) is 39.8. The van der Waals surface area contributed by atoms with E-state index in [1.807, 2.05) is 30.3 Å². The van der Waals surface area contributed by atoms with Gasteiger partial charge in [-0.3, -0.25) is 18.7 Å². The van der Waals surface area contributed by atoms with E-state index in [4.69, 9.17) is 9.15 Å². The van der Waals surface area contributed by atoms with Gasteiger partial charge in [-0.25, -0.2) is 4.79 Å². The number of methoxy groups -OCH3 is 1. The maximum absolute atomic E-state index is 13.5. The first-order chi connectivity index (χ1) is 16.6. The van der Waals surface area contributed by atoms with Crippen LogP contribution in [0.3, 0.4) is 0 Å². The molecule has 2 heterocycles. The van der Waals surface area contributed by atoms with Crippen molar-refractivity contribution in [3.63, 3.8) is 0 Å². The van der Waals surface area contributed by atoms with Crippen molar-refractivity contribution in [3.8, 4) is 5.75 Å². The second-order valence-corrected chi connectivity index (χ2v) is 7.77. The summed E-state index contributed by atoms with van der Waals surface area (Å²) in [6, 6.07) is 23.2. The van der Waals surface area contributed by atoms with E-state index in [0.717, 1.165) is 10.1 Å². The third-order valence-electron chi connectivity index (χ3n) is 5.61. The summed E-state index contributed by atoms with van der Waals surface area (Å²) in [6.07, 6.45) is 0. The van der Waals surface area contributed by atoms with E-state index in [1.165, 1.54) is 11.7 Å². The predicted octanol–water partition coefficient (Wildman–Crippen LogP) is 3.61. The Hall–Kier alpha value is -4.59. The molecule has 8 nitrogen and oxygen atoms in total. The standard InChI is InChI=1S/C26H21N3O5/c1-33-21-14-8-6-12-19(21)27-22(30)16-28-23-18-11-5-7-13-20(18)34-24(23)25(31)29(26(28)32)15-17-9-3-2-4-10-17/h2-14H,15-16H2,1H3,(H,27,30). The number of benzene rings is 3. The van der Waals surface area contributed by atoms with Crippen molar-refractivity contribution in [2.45, 2.75) is 13.1 Å². The molecule has 0 spiro atoms. The van der Waals surface area contributed by atoms with Gasteiger partial charge in [-0.15, -0.1) is 0 Å². The first kappa shape index (κ1) is 21.3. The van der Waals surface area contributed by atoms with Crippen LogP contribution in [0.25, 0.3) is 22.1 Å². The number of nitrogens with one attached hydrogen (secondary N) is 1.